The highest BCUT2D eigenvalue weighted by atomic mass is 16.3. The average Bonchev–Trinajstić information content (AvgIpc) is 2.99. The zero-order chi connectivity index (χ0) is 17.2. The highest BCUT2D eigenvalue weighted by molar-refractivity contribution is 4.78. The molecule has 2 rings (SSSR count). The van der Waals surface area contributed by atoms with E-state index in [-0.39, 0.29) is 0 Å². The van der Waals surface area contributed by atoms with E-state index in [1.807, 2.05) is 0 Å². The Balaban J connectivity index is 0.000000235. The molecule has 2 aromatic heterocycles. The van der Waals surface area contributed by atoms with E-state index in [0.29, 0.717) is 4.68 Å². The van der Waals surface area contributed by atoms with Gasteiger partial charge in [0.2, 0.25) is 0 Å². The van der Waals surface area contributed by atoms with E-state index in [4.69, 9.17) is 16.1 Å². The highest BCUT2D eigenvalue weighted by Crippen LogP contribution is 1.86. The fourth-order valence-electron chi connectivity index (χ4n) is 0.526. The van der Waals surface area contributed by atoms with Crippen LogP contribution in [0.3, 0.4) is 0 Å². The first-order valence-corrected chi connectivity index (χ1v) is 3.32. The summed E-state index contributed by atoms with van der Waals surface area (Å²) >= 11 is 0. The molecule has 7 nitrogen and oxygen atoms in total. The van der Waals surface area contributed by atoms with Crippen LogP contribution in [0, 0.1) is 0 Å². The van der Waals surface area contributed by atoms with Crippen molar-refractivity contribution in [3.8, 4) is 0 Å². The normalized spacial score (nSPS) is 20.6. The average molecular weight is 204 g/mol. The van der Waals surface area contributed by atoms with Crippen molar-refractivity contribution in [1.82, 2.24) is 29.5 Å². The van der Waals surface area contributed by atoms with E-state index in [0.717, 1.165) is 17.3 Å². The smallest absolute Gasteiger partial charge is 0.152 e. The van der Waals surface area contributed by atoms with E-state index in [2.05, 4.69) is 20.2 Å². The number of hydrogen-bond donors (Lipinski definition) is 1. The van der Waals surface area contributed by atoms with Crippen LogP contribution in [0.5, 0.6) is 0 Å². The lowest BCUT2D eigenvalue weighted by Crippen LogP contribution is -1.97. The van der Waals surface area contributed by atoms with Crippen LogP contribution < -0.4 is 0 Å². The first-order valence-electron chi connectivity index (χ1n) is 7.32. The molecule has 0 amide bonds. The first-order chi connectivity index (χ1) is 9.83. The quantitative estimate of drug-likeness (QED) is 0.652. The summed E-state index contributed by atoms with van der Waals surface area (Å²) < 4.78 is 56.0. The minimum Gasteiger partial charge on any atom is -0.388 e. The molecule has 0 unspecified atom stereocenters. The summed E-state index contributed by atoms with van der Waals surface area (Å²) in [6.45, 7) is -7.62. The first kappa shape index (κ1) is 3.77. The second kappa shape index (κ2) is 5.07. The second-order valence-electron chi connectivity index (χ2n) is 1.95. The molecular formula is C7H12N6O. The molecule has 2 aromatic rings. The van der Waals surface area contributed by atoms with Gasteiger partial charge in [0, 0.05) is 22.2 Å². The van der Waals surface area contributed by atoms with Gasteiger partial charge in [-0.05, 0) is 0 Å². The number of aliphatic hydroxyl groups is 1. The van der Waals surface area contributed by atoms with E-state index >= 15 is 0 Å². The summed E-state index contributed by atoms with van der Waals surface area (Å²) in [5.41, 5.74) is 0. The van der Waals surface area contributed by atoms with Crippen LogP contribution in [0.2, 0.25) is 0 Å². The summed E-state index contributed by atoms with van der Waals surface area (Å²) in [6, 6.07) is 0. The number of aryl methyl sites for hydroxylation is 2. The summed E-state index contributed by atoms with van der Waals surface area (Å²) in [7, 11) is 0. The second-order valence-corrected chi connectivity index (χ2v) is 1.95. The maximum Gasteiger partial charge on any atom is 0.152 e. The van der Waals surface area contributed by atoms with Gasteiger partial charge in [0.15, 0.2) is 5.82 Å². The van der Waals surface area contributed by atoms with Crippen molar-refractivity contribution in [1.29, 1.82) is 0 Å². The summed E-state index contributed by atoms with van der Waals surface area (Å²) in [6.07, 6.45) is 3.22. The number of hydrogen-bond acceptors (Lipinski definition) is 5. The Morgan fingerprint density at radius 2 is 2.43 bits per heavy atom. The third-order valence-electron chi connectivity index (χ3n) is 1.07. The monoisotopic (exact) mass is 204 g/mol. The van der Waals surface area contributed by atoms with Gasteiger partial charge in [-0.2, -0.15) is 10.2 Å². The van der Waals surface area contributed by atoms with E-state index < -0.39 is 26.3 Å². The van der Waals surface area contributed by atoms with E-state index in [9.17, 15) is 0 Å². The van der Waals surface area contributed by atoms with Crippen molar-refractivity contribution in [2.45, 2.75) is 6.56 Å². The van der Waals surface area contributed by atoms with Crippen LogP contribution >= 0.6 is 0 Å². The largest absolute Gasteiger partial charge is 0.388 e. The number of aromatic nitrogens is 6. The van der Waals surface area contributed by atoms with Crippen molar-refractivity contribution < 1.29 is 16.1 Å². The lowest BCUT2D eigenvalue weighted by molar-refractivity contribution is 0.265. The SMILES string of the molecule is [2H]C([2H])(O)c1ncnn1C([2H])([2H])[2H].[2H]C([2H])([2H])n1cncn1. The maximum atomic E-state index is 8.88. The molecule has 76 valence electrons. The molecule has 14 heavy (non-hydrogen) atoms. The fraction of sp³-hybridized carbons (Fsp3) is 0.429. The van der Waals surface area contributed by atoms with Gasteiger partial charge in [-0.1, -0.05) is 0 Å². The Morgan fingerprint density at radius 1 is 1.50 bits per heavy atom. The van der Waals surface area contributed by atoms with Crippen molar-refractivity contribution in [2.24, 2.45) is 14.0 Å². The minimum absolute atomic E-state index is 0.368. The van der Waals surface area contributed by atoms with Crippen LogP contribution in [0.25, 0.3) is 0 Å². The lowest BCUT2D eigenvalue weighted by atomic mass is 10.7. The Morgan fingerprint density at radius 3 is 2.86 bits per heavy atom. The molecule has 0 atom stereocenters. The predicted molar refractivity (Wildman–Crippen MR) is 47.9 cm³/mol. The molecule has 2 heterocycles. The Kier molecular flexibility index (Phi) is 1.37. The Bertz CT molecular complexity index is 553. The molecule has 0 fully saturated rings. The number of nitrogens with zero attached hydrogens (tertiary/aromatic N) is 6. The fourth-order valence-corrected chi connectivity index (χ4v) is 0.526. The van der Waals surface area contributed by atoms with Gasteiger partial charge < -0.3 is 5.11 Å². The molecule has 0 spiro atoms. The van der Waals surface area contributed by atoms with Gasteiger partial charge in [-0.15, -0.1) is 0 Å². The topological polar surface area (TPSA) is 81.7 Å². The predicted octanol–water partition coefficient (Wildman–Crippen LogP) is -0.878. The molecule has 0 aromatic carbocycles. The zero-order valence-electron chi connectivity index (χ0n) is 14.9. The molecule has 0 saturated heterocycles. The van der Waals surface area contributed by atoms with Crippen LogP contribution in [0.1, 0.15) is 16.8 Å². The number of rotatable bonds is 1. The summed E-state index contributed by atoms with van der Waals surface area (Å²) in [5.74, 6) is -0.632. The molecule has 0 bridgehead atoms. The standard InChI is InChI=1S/C4H7N3O.C3H5N3/c1-7-4(2-8)5-3-6-7;1-6-3-4-2-5-6/h3,8H,2H2,1H3;2-3H,1H3/i1D3,2D2;1D3. The summed E-state index contributed by atoms with van der Waals surface area (Å²) in [5, 5.41) is 15.6. The van der Waals surface area contributed by atoms with Crippen molar-refractivity contribution in [3.63, 3.8) is 0 Å². The molecule has 0 aliphatic heterocycles. The van der Waals surface area contributed by atoms with E-state index in [1.54, 1.807) is 0 Å². The van der Waals surface area contributed by atoms with E-state index in [1.165, 1.54) is 6.33 Å². The third-order valence-corrected chi connectivity index (χ3v) is 1.07. The van der Waals surface area contributed by atoms with Crippen LogP contribution in [0.4, 0.5) is 0 Å². The Hall–Kier alpha value is -1.76. The molecule has 0 aliphatic carbocycles. The van der Waals surface area contributed by atoms with Gasteiger partial charge in [-0.3, -0.25) is 9.36 Å². The van der Waals surface area contributed by atoms with Gasteiger partial charge in [-0.25, -0.2) is 9.97 Å². The molecule has 7 heteroatoms. The highest BCUT2D eigenvalue weighted by Gasteiger charge is 1.93. The van der Waals surface area contributed by atoms with Crippen LogP contribution in [-0.4, -0.2) is 34.6 Å². The molecular weight excluding hydrogens is 184 g/mol. The zero-order valence-corrected chi connectivity index (χ0v) is 6.86. The van der Waals surface area contributed by atoms with Gasteiger partial charge in [0.1, 0.15) is 25.5 Å². The molecule has 1 N–H and O–H groups in total. The van der Waals surface area contributed by atoms with Crippen LogP contribution in [0.15, 0.2) is 19.0 Å². The van der Waals surface area contributed by atoms with Crippen molar-refractivity contribution in [2.75, 3.05) is 0 Å². The van der Waals surface area contributed by atoms with Crippen molar-refractivity contribution in [3.05, 3.63) is 24.8 Å². The maximum absolute atomic E-state index is 8.88. The summed E-state index contributed by atoms with van der Waals surface area (Å²) in [4.78, 5) is 6.80. The molecule has 0 aliphatic rings. The van der Waals surface area contributed by atoms with Gasteiger partial charge >= 0.3 is 0 Å². The minimum atomic E-state index is -2.80. The lowest BCUT2D eigenvalue weighted by Gasteiger charge is -1.89. The molecule has 0 radical (unpaired) electrons. The van der Waals surface area contributed by atoms with Crippen LogP contribution in [-0.2, 0) is 20.5 Å². The molecule has 0 saturated carbocycles. The van der Waals surface area contributed by atoms with Gasteiger partial charge in [0.05, 0.1) is 2.74 Å². The third kappa shape index (κ3) is 2.94. The van der Waals surface area contributed by atoms with Crippen molar-refractivity contribution >= 4 is 0 Å². The Labute approximate surface area is 92.3 Å². The van der Waals surface area contributed by atoms with Gasteiger partial charge in [0.25, 0.3) is 0 Å².